The van der Waals surface area contributed by atoms with Crippen molar-refractivity contribution in [2.24, 2.45) is 0 Å². The molecule has 0 saturated carbocycles. The molecule has 4 nitrogen and oxygen atoms in total. The maximum absolute atomic E-state index is 4.19. The van der Waals surface area contributed by atoms with Gasteiger partial charge in [-0.2, -0.15) is 10.2 Å². The highest BCUT2D eigenvalue weighted by Gasteiger charge is 2.19. The van der Waals surface area contributed by atoms with Gasteiger partial charge in [0.25, 0.3) is 0 Å². The fourth-order valence-corrected chi connectivity index (χ4v) is 2.89. The van der Waals surface area contributed by atoms with Crippen LogP contribution in [0.1, 0.15) is 19.8 Å². The molecule has 0 unspecified atom stereocenters. The number of hydrogen-bond donors (Lipinski definition) is 1. The normalized spacial score (nSPS) is 17.0. The number of aromatic nitrogens is 2. The molecule has 2 aromatic rings. The van der Waals surface area contributed by atoms with E-state index in [9.17, 15) is 0 Å². The van der Waals surface area contributed by atoms with Gasteiger partial charge in [-0.05, 0) is 37.6 Å². The molecule has 1 aliphatic heterocycles. The molecule has 1 fully saturated rings. The number of piperidine rings is 1. The van der Waals surface area contributed by atoms with Crippen molar-refractivity contribution in [2.75, 3.05) is 24.5 Å². The first-order valence-electron chi connectivity index (χ1n) is 7.07. The van der Waals surface area contributed by atoms with Crippen LogP contribution in [0.4, 0.5) is 5.69 Å². The predicted molar refractivity (Wildman–Crippen MR) is 78.4 cm³/mol. The Morgan fingerprint density at radius 3 is 2.89 bits per heavy atom. The molecule has 1 aromatic carbocycles. The second kappa shape index (κ2) is 5.53. The zero-order chi connectivity index (χ0) is 13.1. The van der Waals surface area contributed by atoms with Crippen LogP contribution in [0.2, 0.25) is 0 Å². The van der Waals surface area contributed by atoms with Crippen LogP contribution in [-0.2, 0) is 0 Å². The SMILES string of the molecule is CCNC1CCN(c2cccc3nnccc23)CC1. The van der Waals surface area contributed by atoms with Crippen LogP contribution < -0.4 is 10.2 Å². The highest BCUT2D eigenvalue weighted by molar-refractivity contribution is 5.91. The molecular formula is C15H20N4. The van der Waals surface area contributed by atoms with Crippen LogP contribution in [-0.4, -0.2) is 35.9 Å². The largest absolute Gasteiger partial charge is 0.371 e. The summed E-state index contributed by atoms with van der Waals surface area (Å²) in [5, 5.41) is 12.9. The van der Waals surface area contributed by atoms with Crippen molar-refractivity contribution in [1.29, 1.82) is 0 Å². The second-order valence-electron chi connectivity index (χ2n) is 5.06. The Morgan fingerprint density at radius 2 is 2.11 bits per heavy atom. The minimum absolute atomic E-state index is 0.677. The monoisotopic (exact) mass is 256 g/mol. The van der Waals surface area contributed by atoms with Crippen molar-refractivity contribution in [3.8, 4) is 0 Å². The molecule has 3 rings (SSSR count). The molecule has 0 bridgehead atoms. The number of nitrogens with zero attached hydrogens (tertiary/aromatic N) is 3. The average Bonchev–Trinajstić information content (AvgIpc) is 2.48. The number of anilines is 1. The van der Waals surface area contributed by atoms with Crippen molar-refractivity contribution < 1.29 is 0 Å². The van der Waals surface area contributed by atoms with E-state index in [1.807, 2.05) is 6.07 Å². The third-order valence-corrected chi connectivity index (χ3v) is 3.86. The summed E-state index contributed by atoms with van der Waals surface area (Å²) in [6, 6.07) is 9.03. The van der Waals surface area contributed by atoms with Gasteiger partial charge in [-0.3, -0.25) is 0 Å². The summed E-state index contributed by atoms with van der Waals surface area (Å²) in [5.41, 5.74) is 2.27. The molecule has 0 radical (unpaired) electrons. The molecule has 1 saturated heterocycles. The lowest BCUT2D eigenvalue weighted by molar-refractivity contribution is 0.424. The zero-order valence-corrected chi connectivity index (χ0v) is 11.3. The van der Waals surface area contributed by atoms with E-state index in [4.69, 9.17) is 0 Å². The number of benzene rings is 1. The average molecular weight is 256 g/mol. The summed E-state index contributed by atoms with van der Waals surface area (Å²) in [6.07, 6.45) is 4.20. The molecule has 0 amide bonds. The first-order valence-corrected chi connectivity index (χ1v) is 7.07. The lowest BCUT2D eigenvalue weighted by atomic mass is 10.0. The Hall–Kier alpha value is -1.68. The zero-order valence-electron chi connectivity index (χ0n) is 11.3. The molecule has 0 aliphatic carbocycles. The van der Waals surface area contributed by atoms with Gasteiger partial charge < -0.3 is 10.2 Å². The van der Waals surface area contributed by atoms with Crippen molar-refractivity contribution in [2.45, 2.75) is 25.8 Å². The van der Waals surface area contributed by atoms with Crippen molar-refractivity contribution in [3.63, 3.8) is 0 Å². The number of fused-ring (bicyclic) bond motifs is 1. The lowest BCUT2D eigenvalue weighted by Crippen LogP contribution is -2.42. The Kier molecular flexibility index (Phi) is 3.60. The predicted octanol–water partition coefficient (Wildman–Crippen LogP) is 2.21. The summed E-state index contributed by atoms with van der Waals surface area (Å²) in [6.45, 7) is 5.46. The second-order valence-corrected chi connectivity index (χ2v) is 5.06. The van der Waals surface area contributed by atoms with E-state index in [-0.39, 0.29) is 0 Å². The highest BCUT2D eigenvalue weighted by atomic mass is 15.2. The Balaban J connectivity index is 1.82. The first kappa shape index (κ1) is 12.4. The third kappa shape index (κ3) is 2.54. The van der Waals surface area contributed by atoms with Crippen molar-refractivity contribution in [3.05, 3.63) is 30.5 Å². The number of rotatable bonds is 3. The van der Waals surface area contributed by atoms with Gasteiger partial charge in [-0.25, -0.2) is 0 Å². The molecule has 1 aromatic heterocycles. The molecule has 1 N–H and O–H groups in total. The Labute approximate surface area is 113 Å². The Bertz CT molecular complexity index is 541. The standard InChI is InChI=1S/C15H20N4/c1-2-16-12-7-10-19(11-8-12)15-5-3-4-14-13(15)6-9-17-18-14/h3-6,9,12,16H,2,7-8,10-11H2,1H3. The summed E-state index contributed by atoms with van der Waals surface area (Å²) in [4.78, 5) is 2.47. The molecular weight excluding hydrogens is 236 g/mol. The summed E-state index contributed by atoms with van der Waals surface area (Å²) in [5.74, 6) is 0. The van der Waals surface area contributed by atoms with Crippen LogP contribution >= 0.6 is 0 Å². The van der Waals surface area contributed by atoms with Crippen LogP contribution in [0.15, 0.2) is 30.5 Å². The van der Waals surface area contributed by atoms with Crippen molar-refractivity contribution >= 4 is 16.6 Å². The molecule has 0 atom stereocenters. The summed E-state index contributed by atoms with van der Waals surface area (Å²) < 4.78 is 0. The van der Waals surface area contributed by atoms with Gasteiger partial charge in [-0.1, -0.05) is 13.0 Å². The first-order chi connectivity index (χ1) is 9.38. The minimum atomic E-state index is 0.677. The highest BCUT2D eigenvalue weighted by Crippen LogP contribution is 2.27. The van der Waals surface area contributed by atoms with Crippen LogP contribution in [0, 0.1) is 0 Å². The van der Waals surface area contributed by atoms with Crippen LogP contribution in [0.5, 0.6) is 0 Å². The van der Waals surface area contributed by atoms with Crippen LogP contribution in [0.25, 0.3) is 10.9 Å². The topological polar surface area (TPSA) is 41.0 Å². The summed E-state index contributed by atoms with van der Waals surface area (Å²) in [7, 11) is 0. The van der Waals surface area contributed by atoms with E-state index in [2.05, 4.69) is 45.5 Å². The van der Waals surface area contributed by atoms with Crippen molar-refractivity contribution in [1.82, 2.24) is 15.5 Å². The molecule has 4 heteroatoms. The smallest absolute Gasteiger partial charge is 0.0950 e. The summed E-state index contributed by atoms with van der Waals surface area (Å²) >= 11 is 0. The molecule has 100 valence electrons. The molecule has 0 spiro atoms. The van der Waals surface area contributed by atoms with E-state index in [1.54, 1.807) is 6.20 Å². The van der Waals surface area contributed by atoms with Gasteiger partial charge in [0.15, 0.2) is 0 Å². The van der Waals surface area contributed by atoms with E-state index >= 15 is 0 Å². The maximum atomic E-state index is 4.19. The van der Waals surface area contributed by atoms with Crippen LogP contribution in [0.3, 0.4) is 0 Å². The van der Waals surface area contributed by atoms with E-state index < -0.39 is 0 Å². The van der Waals surface area contributed by atoms with E-state index in [0.717, 1.165) is 25.2 Å². The number of hydrogen-bond acceptors (Lipinski definition) is 4. The quantitative estimate of drug-likeness (QED) is 0.914. The van der Waals surface area contributed by atoms with E-state index in [0.29, 0.717) is 6.04 Å². The van der Waals surface area contributed by atoms with Gasteiger partial charge in [0.05, 0.1) is 11.7 Å². The fraction of sp³-hybridized carbons (Fsp3) is 0.467. The van der Waals surface area contributed by atoms with Gasteiger partial charge in [-0.15, -0.1) is 0 Å². The maximum Gasteiger partial charge on any atom is 0.0950 e. The Morgan fingerprint density at radius 1 is 1.26 bits per heavy atom. The van der Waals surface area contributed by atoms with E-state index in [1.165, 1.54) is 23.9 Å². The fourth-order valence-electron chi connectivity index (χ4n) is 2.89. The molecule has 2 heterocycles. The van der Waals surface area contributed by atoms with Gasteiger partial charge in [0, 0.05) is 30.2 Å². The third-order valence-electron chi connectivity index (χ3n) is 3.86. The lowest BCUT2D eigenvalue weighted by Gasteiger charge is -2.34. The van der Waals surface area contributed by atoms with Gasteiger partial charge >= 0.3 is 0 Å². The van der Waals surface area contributed by atoms with Gasteiger partial charge in [0.2, 0.25) is 0 Å². The van der Waals surface area contributed by atoms with Gasteiger partial charge in [0.1, 0.15) is 0 Å². The molecule has 1 aliphatic rings. The number of nitrogens with one attached hydrogen (secondary N) is 1. The molecule has 19 heavy (non-hydrogen) atoms. The minimum Gasteiger partial charge on any atom is -0.371 e.